The van der Waals surface area contributed by atoms with Crippen LogP contribution in [0.1, 0.15) is 44.2 Å². The lowest BCUT2D eigenvalue weighted by Crippen LogP contribution is -2.29. The molecule has 0 fully saturated rings. The molecule has 0 aliphatic heterocycles. The molecule has 1 aromatic rings. The number of nitrogens with one attached hydrogen (secondary N) is 1. The predicted octanol–water partition coefficient (Wildman–Crippen LogP) is 3.16. The molecule has 1 amide bonds. The highest BCUT2D eigenvalue weighted by molar-refractivity contribution is 6.30. The highest BCUT2D eigenvalue weighted by atomic mass is 35.5. The van der Waals surface area contributed by atoms with Crippen LogP contribution in [0.4, 0.5) is 0 Å². The number of hydrogen-bond acceptors (Lipinski definition) is 2. The van der Waals surface area contributed by atoms with E-state index in [0.717, 1.165) is 18.4 Å². The average molecular weight is 284 g/mol. The second-order valence-electron chi connectivity index (χ2n) is 4.37. The molecule has 4 nitrogen and oxygen atoms in total. The lowest BCUT2D eigenvalue weighted by Gasteiger charge is -2.17. The summed E-state index contributed by atoms with van der Waals surface area (Å²) in [6.07, 6.45) is 2.00. The van der Waals surface area contributed by atoms with Gasteiger partial charge in [0.25, 0.3) is 0 Å². The van der Waals surface area contributed by atoms with Crippen molar-refractivity contribution in [3.63, 3.8) is 0 Å². The Hall–Kier alpha value is -1.55. The lowest BCUT2D eigenvalue weighted by atomic mass is 10.0. The van der Waals surface area contributed by atoms with E-state index in [1.165, 1.54) is 0 Å². The van der Waals surface area contributed by atoms with E-state index in [1.807, 2.05) is 6.92 Å². The second kappa shape index (κ2) is 7.79. The number of carboxylic acids is 1. The number of carboxylic acid groups (broad SMARTS) is 1. The van der Waals surface area contributed by atoms with E-state index in [-0.39, 0.29) is 12.3 Å². The van der Waals surface area contributed by atoms with Crippen molar-refractivity contribution in [3.8, 4) is 0 Å². The Labute approximate surface area is 117 Å². The molecule has 0 heterocycles. The van der Waals surface area contributed by atoms with Gasteiger partial charge in [-0.2, -0.15) is 0 Å². The van der Waals surface area contributed by atoms with Crippen LogP contribution in [0.5, 0.6) is 0 Å². The Morgan fingerprint density at radius 2 is 1.95 bits per heavy atom. The Bertz CT molecular complexity index is 431. The van der Waals surface area contributed by atoms with Gasteiger partial charge in [-0.3, -0.25) is 9.59 Å². The highest BCUT2D eigenvalue weighted by Gasteiger charge is 2.17. The molecule has 0 bridgehead atoms. The van der Waals surface area contributed by atoms with Gasteiger partial charge in [0.2, 0.25) is 5.91 Å². The van der Waals surface area contributed by atoms with Gasteiger partial charge in [0, 0.05) is 11.4 Å². The second-order valence-corrected chi connectivity index (χ2v) is 4.81. The normalized spacial score (nSPS) is 11.9. The summed E-state index contributed by atoms with van der Waals surface area (Å²) >= 11 is 5.79. The summed E-state index contributed by atoms with van der Waals surface area (Å²) in [7, 11) is 0. The minimum Gasteiger partial charge on any atom is -0.481 e. The van der Waals surface area contributed by atoms with Crippen LogP contribution < -0.4 is 5.32 Å². The molecule has 0 saturated heterocycles. The fourth-order valence-corrected chi connectivity index (χ4v) is 1.85. The van der Waals surface area contributed by atoms with Crippen LogP contribution in [0.25, 0.3) is 0 Å². The van der Waals surface area contributed by atoms with Gasteiger partial charge in [0.15, 0.2) is 0 Å². The summed E-state index contributed by atoms with van der Waals surface area (Å²) in [4.78, 5) is 22.6. The lowest BCUT2D eigenvalue weighted by molar-refractivity contribution is -0.137. The van der Waals surface area contributed by atoms with Gasteiger partial charge in [-0.1, -0.05) is 37.1 Å². The third-order valence-electron chi connectivity index (χ3n) is 2.74. The molecular formula is C14H18ClNO3. The maximum atomic E-state index is 11.7. The van der Waals surface area contributed by atoms with Gasteiger partial charge in [0.05, 0.1) is 12.5 Å². The highest BCUT2D eigenvalue weighted by Crippen LogP contribution is 2.19. The quantitative estimate of drug-likeness (QED) is 0.808. The molecular weight excluding hydrogens is 266 g/mol. The molecule has 104 valence electrons. The molecule has 0 aliphatic rings. The molecule has 0 aromatic heterocycles. The predicted molar refractivity (Wildman–Crippen MR) is 74.1 cm³/mol. The number of unbranched alkanes of at least 4 members (excludes halogenated alkanes) is 1. The number of benzene rings is 1. The zero-order chi connectivity index (χ0) is 14.3. The van der Waals surface area contributed by atoms with Gasteiger partial charge in [0.1, 0.15) is 0 Å². The van der Waals surface area contributed by atoms with Crippen LogP contribution in [0.2, 0.25) is 5.02 Å². The van der Waals surface area contributed by atoms with Crippen LogP contribution in [0.3, 0.4) is 0 Å². The van der Waals surface area contributed by atoms with E-state index in [4.69, 9.17) is 16.7 Å². The summed E-state index contributed by atoms with van der Waals surface area (Å²) < 4.78 is 0. The fourth-order valence-electron chi connectivity index (χ4n) is 1.73. The SMILES string of the molecule is CCCCC(=O)N[C@@H](CC(=O)O)c1ccc(Cl)cc1. The molecule has 5 heteroatoms. The van der Waals surface area contributed by atoms with Crippen molar-refractivity contribution in [3.05, 3.63) is 34.9 Å². The van der Waals surface area contributed by atoms with E-state index in [0.29, 0.717) is 11.4 Å². The van der Waals surface area contributed by atoms with Gasteiger partial charge in [-0.05, 0) is 24.1 Å². The molecule has 0 unspecified atom stereocenters. The molecule has 2 N–H and O–H groups in total. The minimum absolute atomic E-state index is 0.122. The van der Waals surface area contributed by atoms with Gasteiger partial charge >= 0.3 is 5.97 Å². The van der Waals surface area contributed by atoms with Crippen molar-refractivity contribution in [2.24, 2.45) is 0 Å². The first-order chi connectivity index (χ1) is 9.02. The van der Waals surface area contributed by atoms with Crippen molar-refractivity contribution < 1.29 is 14.7 Å². The van der Waals surface area contributed by atoms with Crippen LogP contribution >= 0.6 is 11.6 Å². The van der Waals surface area contributed by atoms with E-state index in [2.05, 4.69) is 5.32 Å². The number of hydrogen-bond donors (Lipinski definition) is 2. The van der Waals surface area contributed by atoms with Crippen molar-refractivity contribution in [2.75, 3.05) is 0 Å². The summed E-state index contributed by atoms with van der Waals surface area (Å²) in [6, 6.07) is 6.32. The summed E-state index contributed by atoms with van der Waals surface area (Å²) in [5, 5.41) is 12.2. The molecule has 0 aliphatic carbocycles. The monoisotopic (exact) mass is 283 g/mol. The zero-order valence-electron chi connectivity index (χ0n) is 10.9. The smallest absolute Gasteiger partial charge is 0.305 e. The number of rotatable bonds is 7. The fraction of sp³-hybridized carbons (Fsp3) is 0.429. The first kappa shape index (κ1) is 15.5. The largest absolute Gasteiger partial charge is 0.481 e. The number of aliphatic carboxylic acids is 1. The topological polar surface area (TPSA) is 66.4 Å². The third-order valence-corrected chi connectivity index (χ3v) is 3.00. The Kier molecular flexibility index (Phi) is 6.36. The van der Waals surface area contributed by atoms with E-state index >= 15 is 0 Å². The van der Waals surface area contributed by atoms with Crippen LogP contribution in [0, 0.1) is 0 Å². The average Bonchev–Trinajstić information content (AvgIpc) is 2.36. The number of amides is 1. The summed E-state index contributed by atoms with van der Waals surface area (Å²) in [6.45, 7) is 2.00. The minimum atomic E-state index is -0.948. The van der Waals surface area contributed by atoms with Crippen LogP contribution in [-0.2, 0) is 9.59 Å². The molecule has 1 aromatic carbocycles. The van der Waals surface area contributed by atoms with Gasteiger partial charge < -0.3 is 10.4 Å². The van der Waals surface area contributed by atoms with Crippen molar-refractivity contribution >= 4 is 23.5 Å². The first-order valence-corrected chi connectivity index (χ1v) is 6.67. The van der Waals surface area contributed by atoms with Crippen molar-refractivity contribution in [1.29, 1.82) is 0 Å². The first-order valence-electron chi connectivity index (χ1n) is 6.29. The molecule has 0 spiro atoms. The third kappa shape index (κ3) is 5.75. The standard InChI is InChI=1S/C14H18ClNO3/c1-2-3-4-13(17)16-12(9-14(18)19)10-5-7-11(15)8-6-10/h5-8,12H,2-4,9H2,1H3,(H,16,17)(H,18,19)/t12-/m0/s1. The maximum Gasteiger partial charge on any atom is 0.305 e. The number of carbonyl (C=O) groups is 2. The van der Waals surface area contributed by atoms with E-state index in [1.54, 1.807) is 24.3 Å². The Morgan fingerprint density at radius 3 is 2.47 bits per heavy atom. The molecule has 1 atom stereocenters. The molecule has 0 radical (unpaired) electrons. The molecule has 0 saturated carbocycles. The summed E-state index contributed by atoms with van der Waals surface area (Å²) in [5.74, 6) is -1.07. The van der Waals surface area contributed by atoms with E-state index in [9.17, 15) is 9.59 Å². The Morgan fingerprint density at radius 1 is 1.32 bits per heavy atom. The Balaban J connectivity index is 2.74. The maximum absolute atomic E-state index is 11.7. The van der Waals surface area contributed by atoms with Crippen molar-refractivity contribution in [2.45, 2.75) is 38.6 Å². The summed E-state index contributed by atoms with van der Waals surface area (Å²) in [5.41, 5.74) is 0.747. The van der Waals surface area contributed by atoms with Gasteiger partial charge in [-0.25, -0.2) is 0 Å². The zero-order valence-corrected chi connectivity index (χ0v) is 11.6. The molecule has 19 heavy (non-hydrogen) atoms. The van der Waals surface area contributed by atoms with Crippen molar-refractivity contribution in [1.82, 2.24) is 5.32 Å². The van der Waals surface area contributed by atoms with Crippen LogP contribution in [-0.4, -0.2) is 17.0 Å². The molecule has 1 rings (SSSR count). The number of carbonyl (C=O) groups excluding carboxylic acids is 1. The van der Waals surface area contributed by atoms with E-state index < -0.39 is 12.0 Å². The number of halogens is 1. The van der Waals surface area contributed by atoms with Crippen LogP contribution in [0.15, 0.2) is 24.3 Å². The van der Waals surface area contributed by atoms with Gasteiger partial charge in [-0.15, -0.1) is 0 Å².